The quantitative estimate of drug-likeness (QED) is 0.0357. The number of aromatic nitrogens is 2. The summed E-state index contributed by atoms with van der Waals surface area (Å²) in [6.07, 6.45) is 79.7. The summed E-state index contributed by atoms with van der Waals surface area (Å²) >= 11 is 3.67. The van der Waals surface area contributed by atoms with E-state index in [-0.39, 0.29) is 16.2 Å². The Balaban J connectivity index is 0.834. The fourth-order valence-corrected chi connectivity index (χ4v) is 26.2. The second kappa shape index (κ2) is 53.7. The van der Waals surface area contributed by atoms with Crippen molar-refractivity contribution in [3.8, 4) is 100 Å². The number of nitrogens with zero attached hydrogens (tertiary/aromatic N) is 2. The molecule has 0 unspecified atom stereocenters. The average molecular weight is 1900 g/mol. The summed E-state index contributed by atoms with van der Waals surface area (Å²) in [6.45, 7) is 14.1. The molecule has 0 fully saturated rings. The zero-order valence-electron chi connectivity index (χ0n) is 87.1. The van der Waals surface area contributed by atoms with Crippen molar-refractivity contribution in [2.24, 2.45) is 0 Å². The van der Waals surface area contributed by atoms with Crippen LogP contribution in [0.4, 0.5) is 0 Å². The summed E-state index contributed by atoms with van der Waals surface area (Å²) in [6, 6.07) is 87.6. The fourth-order valence-electron chi connectivity index (χ4n) is 25.0. The predicted octanol–water partition coefficient (Wildman–Crippen LogP) is 43.7. The van der Waals surface area contributed by atoms with Crippen molar-refractivity contribution in [2.45, 2.75) is 405 Å². The molecule has 140 heavy (non-hydrogen) atoms. The maximum absolute atomic E-state index is 5.74. The van der Waals surface area contributed by atoms with E-state index in [9.17, 15) is 0 Å². The Labute approximate surface area is 854 Å². The Morgan fingerprint density at radius 3 is 0.700 bits per heavy atom. The summed E-state index contributed by atoms with van der Waals surface area (Å²) in [7, 11) is 0. The molecule has 3 aliphatic rings. The summed E-state index contributed by atoms with van der Waals surface area (Å²) < 4.78 is 5.74. The van der Waals surface area contributed by atoms with Crippen LogP contribution in [0.1, 0.15) is 443 Å². The van der Waals surface area contributed by atoms with Gasteiger partial charge in [0, 0.05) is 37.1 Å². The third-order valence-corrected chi connectivity index (χ3v) is 34.5. The van der Waals surface area contributed by atoms with Crippen molar-refractivity contribution < 1.29 is 4.63 Å². The van der Waals surface area contributed by atoms with Crippen molar-refractivity contribution in [3.05, 3.63) is 283 Å². The van der Waals surface area contributed by atoms with Crippen molar-refractivity contribution in [1.82, 2.24) is 10.3 Å². The fraction of sp³-hybridized carbons (Fsp3) is 0.467. The van der Waals surface area contributed by atoms with Gasteiger partial charge < -0.3 is 0 Å². The molecule has 3 aromatic heterocycles. The topological polar surface area (TPSA) is 38.9 Å². The molecule has 0 radical (unpaired) electrons. The molecular formula is C135H168N2OS2. The van der Waals surface area contributed by atoms with Gasteiger partial charge in [-0.15, -0.1) is 22.7 Å². The molecule has 0 amide bonds. The van der Waals surface area contributed by atoms with Gasteiger partial charge in [0.15, 0.2) is 0 Å². The van der Waals surface area contributed by atoms with E-state index in [0.717, 1.165) is 53.4 Å². The molecule has 0 atom stereocenters. The number of benzene rings is 10. The lowest BCUT2D eigenvalue weighted by Gasteiger charge is -2.34. The highest BCUT2D eigenvalue weighted by atomic mass is 32.1. The van der Waals surface area contributed by atoms with E-state index in [0.29, 0.717) is 0 Å². The summed E-state index contributed by atoms with van der Waals surface area (Å²) in [4.78, 5) is 2.54. The highest BCUT2D eigenvalue weighted by Crippen LogP contribution is 2.61. The van der Waals surface area contributed by atoms with E-state index in [1.165, 1.54) is 437 Å². The van der Waals surface area contributed by atoms with Gasteiger partial charge in [-0.2, -0.15) is 0 Å². The predicted molar refractivity (Wildman–Crippen MR) is 613 cm³/mol. The van der Waals surface area contributed by atoms with E-state index in [4.69, 9.17) is 9.79 Å². The van der Waals surface area contributed by atoms with Gasteiger partial charge in [-0.3, -0.25) is 0 Å². The minimum absolute atomic E-state index is 0.0698. The molecule has 5 heteroatoms. The largest absolute Gasteiger partial charge is 0.243 e. The Hall–Kier alpha value is -9.52. The van der Waals surface area contributed by atoms with E-state index < -0.39 is 0 Å². The average Bonchev–Trinajstić information content (AvgIpc) is 1.55. The minimum atomic E-state index is -0.216. The molecule has 0 saturated heterocycles. The molecule has 16 rings (SSSR count). The van der Waals surface area contributed by atoms with Gasteiger partial charge in [0.1, 0.15) is 11.0 Å². The Morgan fingerprint density at radius 1 is 0.200 bits per heavy atom. The maximum atomic E-state index is 5.74. The molecule has 0 N–H and O–H groups in total. The second-order valence-electron chi connectivity index (χ2n) is 42.7. The van der Waals surface area contributed by atoms with Crippen LogP contribution < -0.4 is 0 Å². The van der Waals surface area contributed by atoms with Crippen molar-refractivity contribution in [1.29, 1.82) is 0 Å². The molecule has 0 aliphatic heterocycles. The van der Waals surface area contributed by atoms with Crippen LogP contribution in [0, 0.1) is 0 Å². The van der Waals surface area contributed by atoms with Gasteiger partial charge in [0.2, 0.25) is 0 Å². The first-order valence-electron chi connectivity index (χ1n) is 57.1. The van der Waals surface area contributed by atoms with E-state index in [2.05, 4.69) is 300 Å². The Kier molecular flexibility index (Phi) is 39.7. The lowest BCUT2D eigenvalue weighted by molar-refractivity contribution is 0.315. The summed E-state index contributed by atoms with van der Waals surface area (Å²) in [5.41, 5.74) is 36.7. The van der Waals surface area contributed by atoms with Gasteiger partial charge in [-0.05, 0) is 266 Å². The molecule has 13 aromatic rings. The van der Waals surface area contributed by atoms with E-state index in [1.54, 1.807) is 22.3 Å². The van der Waals surface area contributed by atoms with Crippen LogP contribution in [0.3, 0.4) is 0 Å². The van der Waals surface area contributed by atoms with Gasteiger partial charge in [-0.25, -0.2) is 4.63 Å². The van der Waals surface area contributed by atoms with E-state index >= 15 is 0 Å². The third-order valence-electron chi connectivity index (χ3n) is 32.9. The second-order valence-corrected chi connectivity index (χ2v) is 44.7. The minimum Gasteiger partial charge on any atom is -0.243 e. The van der Waals surface area contributed by atoms with Crippen LogP contribution in [0.2, 0.25) is 0 Å². The Bertz CT molecular complexity index is 5950. The molecule has 3 aliphatic carbocycles. The highest BCUT2D eigenvalue weighted by molar-refractivity contribution is 7.11. The van der Waals surface area contributed by atoms with Crippen molar-refractivity contribution >= 4 is 58.0 Å². The first-order valence-corrected chi connectivity index (χ1v) is 58.9. The smallest absolute Gasteiger partial charge is 0.143 e. The SMILES string of the molecule is CCCCCCCCCCC1(CCCCCCCCCC)c2cc(-c3ccccc3)ccc2-c2ccc(-c3ccc4c(c3)C(CCCCCCCCCC)(CCCCCCCCCC)c3cc(-c5cc(/C=C/c6cccs6)c(-c6ccc7c(c6)C(CCCCCCCCCC)(CCCCCCCCCC)c6cc(-c8ccc(-c9ccccc9)c9nonc89)ccc6-7)cc5/C=C/c5cccs5)ccc3-4)cc21. The lowest BCUT2D eigenvalue weighted by Crippen LogP contribution is -2.26. The normalized spacial score (nSPS) is 13.6. The van der Waals surface area contributed by atoms with Gasteiger partial charge in [0.25, 0.3) is 0 Å². The van der Waals surface area contributed by atoms with Crippen LogP contribution in [0.25, 0.3) is 135 Å². The zero-order valence-corrected chi connectivity index (χ0v) is 88.7. The zero-order chi connectivity index (χ0) is 96.2. The van der Waals surface area contributed by atoms with Crippen molar-refractivity contribution in [3.63, 3.8) is 0 Å². The number of unbranched alkanes of at least 4 members (excludes halogenated alkanes) is 42. The monoisotopic (exact) mass is 1900 g/mol. The van der Waals surface area contributed by atoms with Crippen LogP contribution in [-0.4, -0.2) is 10.3 Å². The van der Waals surface area contributed by atoms with Gasteiger partial charge in [0.05, 0.1) is 0 Å². The van der Waals surface area contributed by atoms with Gasteiger partial charge in [-0.1, -0.05) is 520 Å². The first kappa shape index (κ1) is 103. The summed E-state index contributed by atoms with van der Waals surface area (Å²) in [5.74, 6) is 0. The first-order chi connectivity index (χ1) is 69.2. The number of hydrogen-bond acceptors (Lipinski definition) is 5. The molecular weight excluding hydrogens is 1730 g/mol. The highest BCUT2D eigenvalue weighted by Gasteiger charge is 2.47. The Morgan fingerprint density at radius 2 is 0.429 bits per heavy atom. The lowest BCUT2D eigenvalue weighted by atomic mass is 9.69. The summed E-state index contributed by atoms with van der Waals surface area (Å²) in [5, 5.41) is 13.9. The number of fused-ring (bicyclic) bond motifs is 10. The molecule has 0 bridgehead atoms. The molecule has 0 saturated carbocycles. The van der Waals surface area contributed by atoms with Crippen LogP contribution in [-0.2, 0) is 16.2 Å². The number of rotatable bonds is 64. The van der Waals surface area contributed by atoms with Crippen LogP contribution >= 0.6 is 22.7 Å². The maximum Gasteiger partial charge on any atom is 0.143 e. The molecule has 736 valence electrons. The van der Waals surface area contributed by atoms with Crippen LogP contribution in [0.5, 0.6) is 0 Å². The molecule has 3 nitrogen and oxygen atoms in total. The standard InChI is InChI=1S/C135H168N2OS2/c1-7-13-19-25-31-37-43-55-87-133(88-56-44-38-32-26-20-14-8-2)125-97-105(103-63-51-49-52-64-103)71-79-117(125)118-80-72-106(98-126(118)133)107-73-81-119-121-83-75-111(101-129(121)134(127(119)99-107,89-57-45-39-33-27-21-15-9-3)90-58-46-40-34-28-22-16-10-4)123-95-109(70-78-114-68-62-94-140-114)124(96-108(123)69-77-113-67-61-93-139-113)112-76-84-122-120-82-74-110(116-86-85-115(104-65-53-50-54-66-104)131-132(116)137-138-136-131)100-128(120)135(130(122)102-112,91-59-47-41-35-29-23-17-11-5)92-60-48-42-36-30-24-18-12-6/h49-54,61-86,93-102H,7-48,55-60,87-92H2,1-6H3/b77-69+,78-70+. The third kappa shape index (κ3) is 25.6. The molecule has 0 spiro atoms. The number of hydrogen-bond donors (Lipinski definition) is 0. The molecule has 3 heterocycles. The van der Waals surface area contributed by atoms with Crippen LogP contribution in [0.15, 0.2) is 234 Å². The number of thiophene rings is 2. The molecule has 10 aromatic carbocycles. The van der Waals surface area contributed by atoms with Gasteiger partial charge >= 0.3 is 0 Å². The van der Waals surface area contributed by atoms with Crippen molar-refractivity contribution in [2.75, 3.05) is 0 Å². The van der Waals surface area contributed by atoms with E-state index in [1.807, 2.05) is 22.7 Å².